The monoisotopic (exact) mass is 497 g/mol. The Morgan fingerprint density at radius 1 is 1.22 bits per heavy atom. The maximum atomic E-state index is 13.0. The van der Waals surface area contributed by atoms with Gasteiger partial charge in [-0.2, -0.15) is 10.2 Å². The number of hydrogen-bond donors (Lipinski definition) is 1. The fraction of sp³-hybridized carbons (Fsp3) is 0.278. The lowest BCUT2D eigenvalue weighted by molar-refractivity contribution is -0.119. The van der Waals surface area contributed by atoms with Gasteiger partial charge >= 0.3 is 0 Å². The van der Waals surface area contributed by atoms with Crippen molar-refractivity contribution in [1.29, 1.82) is 0 Å². The number of hydrogen-bond acceptors (Lipinski definition) is 3. The topological polar surface area (TPSA) is 64.7 Å². The lowest BCUT2D eigenvalue weighted by Crippen LogP contribution is -2.25. The number of rotatable bonds is 5. The number of anilines is 1. The molecule has 9 heteroatoms. The molecule has 0 radical (unpaired) electrons. The van der Waals surface area contributed by atoms with Crippen molar-refractivity contribution < 1.29 is 9.18 Å². The van der Waals surface area contributed by atoms with E-state index in [1.807, 2.05) is 13.8 Å². The van der Waals surface area contributed by atoms with E-state index in [1.165, 1.54) is 12.1 Å². The normalized spacial score (nSPS) is 12.2. The van der Waals surface area contributed by atoms with Gasteiger partial charge in [0.25, 0.3) is 0 Å². The number of aryl methyl sites for hydroxylation is 1. The smallest absolute Gasteiger partial charge is 0.250 e. The minimum Gasteiger partial charge on any atom is -0.306 e. The van der Waals surface area contributed by atoms with Gasteiger partial charge in [0.05, 0.1) is 26.9 Å². The van der Waals surface area contributed by atoms with Crippen molar-refractivity contribution in [3.05, 3.63) is 62.2 Å². The zero-order valence-electron chi connectivity index (χ0n) is 15.0. The van der Waals surface area contributed by atoms with Gasteiger partial charge in [-0.25, -0.2) is 4.39 Å². The number of nitrogens with one attached hydrogen (secondary N) is 1. The zero-order chi connectivity index (χ0) is 19.7. The first kappa shape index (κ1) is 19.8. The molecule has 0 aliphatic carbocycles. The second-order valence-corrected chi connectivity index (χ2v) is 7.89. The molecule has 3 rings (SSSR count). The number of amides is 1. The highest BCUT2D eigenvalue weighted by Gasteiger charge is 2.22. The average Bonchev–Trinajstić information content (AvgIpc) is 3.10. The number of aromatic nitrogens is 4. The third-order valence-electron chi connectivity index (χ3n) is 4.20. The molecule has 142 valence electrons. The summed E-state index contributed by atoms with van der Waals surface area (Å²) in [6.45, 7) is 6.03. The van der Waals surface area contributed by atoms with Gasteiger partial charge in [-0.3, -0.25) is 14.2 Å². The summed E-state index contributed by atoms with van der Waals surface area (Å²) in [6.07, 6.45) is 1.77. The largest absolute Gasteiger partial charge is 0.306 e. The molecule has 1 aromatic carbocycles. The van der Waals surface area contributed by atoms with Crippen LogP contribution >= 0.6 is 31.9 Å². The van der Waals surface area contributed by atoms with Crippen LogP contribution in [0, 0.1) is 19.7 Å². The predicted octanol–water partition coefficient (Wildman–Crippen LogP) is 4.61. The first-order valence-corrected chi connectivity index (χ1v) is 9.84. The van der Waals surface area contributed by atoms with Crippen molar-refractivity contribution in [1.82, 2.24) is 19.6 Å². The van der Waals surface area contributed by atoms with Crippen LogP contribution in [0.25, 0.3) is 0 Å². The van der Waals surface area contributed by atoms with Crippen LogP contribution in [-0.4, -0.2) is 25.5 Å². The predicted molar refractivity (Wildman–Crippen MR) is 108 cm³/mol. The molecule has 0 fully saturated rings. The van der Waals surface area contributed by atoms with Crippen molar-refractivity contribution in [2.45, 2.75) is 33.4 Å². The number of carbonyl (C=O) groups excluding carboxylic acids is 1. The van der Waals surface area contributed by atoms with Gasteiger partial charge in [0, 0.05) is 6.20 Å². The van der Waals surface area contributed by atoms with Gasteiger partial charge in [-0.15, -0.1) is 0 Å². The van der Waals surface area contributed by atoms with Crippen LogP contribution in [-0.2, 0) is 11.3 Å². The highest BCUT2D eigenvalue weighted by Crippen LogP contribution is 2.25. The number of carbonyl (C=O) groups is 1. The van der Waals surface area contributed by atoms with Crippen molar-refractivity contribution in [3.63, 3.8) is 0 Å². The van der Waals surface area contributed by atoms with E-state index in [0.29, 0.717) is 16.8 Å². The third kappa shape index (κ3) is 4.30. The highest BCUT2D eigenvalue weighted by molar-refractivity contribution is 9.11. The Bertz CT molecular complexity index is 981. The summed E-state index contributed by atoms with van der Waals surface area (Å²) in [6, 6.07) is 5.72. The lowest BCUT2D eigenvalue weighted by Gasteiger charge is -2.13. The first-order chi connectivity index (χ1) is 12.8. The molecule has 1 N–H and O–H groups in total. The van der Waals surface area contributed by atoms with E-state index >= 15 is 0 Å². The van der Waals surface area contributed by atoms with Gasteiger partial charge in [0.1, 0.15) is 11.9 Å². The van der Waals surface area contributed by atoms with Crippen LogP contribution in [0.4, 0.5) is 10.2 Å². The van der Waals surface area contributed by atoms with E-state index < -0.39 is 6.04 Å². The van der Waals surface area contributed by atoms with Crippen LogP contribution in [0.15, 0.2) is 39.4 Å². The van der Waals surface area contributed by atoms with Gasteiger partial charge in [0.2, 0.25) is 5.91 Å². The Balaban J connectivity index is 1.73. The van der Waals surface area contributed by atoms with E-state index in [4.69, 9.17) is 0 Å². The fourth-order valence-electron chi connectivity index (χ4n) is 2.69. The summed E-state index contributed by atoms with van der Waals surface area (Å²) in [4.78, 5) is 12.6. The molecule has 1 unspecified atom stereocenters. The lowest BCUT2D eigenvalue weighted by atomic mass is 10.2. The Morgan fingerprint density at radius 2 is 1.89 bits per heavy atom. The van der Waals surface area contributed by atoms with Crippen molar-refractivity contribution >= 4 is 43.6 Å². The third-order valence-corrected chi connectivity index (χ3v) is 5.93. The van der Waals surface area contributed by atoms with Crippen LogP contribution in [0.5, 0.6) is 0 Å². The molecule has 0 saturated carbocycles. The molecule has 2 aromatic heterocycles. The molecular weight excluding hydrogens is 481 g/mol. The average molecular weight is 499 g/mol. The first-order valence-electron chi connectivity index (χ1n) is 8.25. The van der Waals surface area contributed by atoms with Crippen molar-refractivity contribution in [2.24, 2.45) is 0 Å². The minimum absolute atomic E-state index is 0.221. The van der Waals surface area contributed by atoms with Crippen molar-refractivity contribution in [3.8, 4) is 0 Å². The summed E-state index contributed by atoms with van der Waals surface area (Å²) >= 11 is 6.89. The van der Waals surface area contributed by atoms with Gasteiger partial charge < -0.3 is 5.32 Å². The molecule has 0 aliphatic heterocycles. The van der Waals surface area contributed by atoms with E-state index in [0.717, 1.165) is 21.4 Å². The Kier molecular flexibility index (Phi) is 5.81. The molecule has 0 spiro atoms. The Morgan fingerprint density at radius 3 is 2.48 bits per heavy atom. The maximum absolute atomic E-state index is 13.0. The molecule has 2 heterocycles. The molecule has 1 amide bonds. The number of benzene rings is 1. The Labute approximate surface area is 173 Å². The summed E-state index contributed by atoms with van der Waals surface area (Å²) in [5, 5.41) is 11.6. The minimum atomic E-state index is -0.496. The van der Waals surface area contributed by atoms with Gasteiger partial charge in [0.15, 0.2) is 5.82 Å². The quantitative estimate of drug-likeness (QED) is 0.558. The van der Waals surface area contributed by atoms with Gasteiger partial charge in [-0.05, 0) is 70.3 Å². The second kappa shape index (κ2) is 7.93. The van der Waals surface area contributed by atoms with E-state index in [9.17, 15) is 9.18 Å². The van der Waals surface area contributed by atoms with E-state index in [2.05, 4.69) is 47.4 Å². The molecule has 27 heavy (non-hydrogen) atoms. The molecule has 1 atom stereocenters. The molecule has 0 saturated heterocycles. The fourth-order valence-corrected chi connectivity index (χ4v) is 3.37. The van der Waals surface area contributed by atoms with E-state index in [-0.39, 0.29) is 11.7 Å². The van der Waals surface area contributed by atoms with Crippen LogP contribution in [0.3, 0.4) is 0 Å². The van der Waals surface area contributed by atoms with Gasteiger partial charge in [-0.1, -0.05) is 12.1 Å². The van der Waals surface area contributed by atoms with E-state index in [1.54, 1.807) is 34.6 Å². The second-order valence-electron chi connectivity index (χ2n) is 6.24. The molecular formula is C18H18Br2FN5O. The van der Waals surface area contributed by atoms with Crippen LogP contribution in [0.1, 0.15) is 29.9 Å². The molecule has 0 bridgehead atoms. The molecule has 0 aliphatic rings. The summed E-state index contributed by atoms with van der Waals surface area (Å²) < 4.78 is 17.9. The van der Waals surface area contributed by atoms with Crippen molar-refractivity contribution in [2.75, 3.05) is 5.32 Å². The molecule has 6 nitrogen and oxygen atoms in total. The van der Waals surface area contributed by atoms with Crippen LogP contribution < -0.4 is 5.32 Å². The number of nitrogens with zero attached hydrogens (tertiary/aromatic N) is 4. The maximum Gasteiger partial charge on any atom is 0.250 e. The van der Waals surface area contributed by atoms with Crippen LogP contribution in [0.2, 0.25) is 0 Å². The standard InChI is InChI=1S/C18H18Br2FN5O/c1-10-16(20)11(2)26(23-10)12(3)18(27)22-17-15(19)9-25(24-17)8-13-4-6-14(21)7-5-13/h4-7,9,12H,8H2,1-3H3,(H,22,24,27). The SMILES string of the molecule is Cc1nn(C(C)C(=O)Nc2nn(Cc3ccc(F)cc3)cc2Br)c(C)c1Br. The highest BCUT2D eigenvalue weighted by atomic mass is 79.9. The zero-order valence-corrected chi connectivity index (χ0v) is 18.2. The summed E-state index contributed by atoms with van der Waals surface area (Å²) in [5.74, 6) is -0.0754. The number of halogens is 3. The summed E-state index contributed by atoms with van der Waals surface area (Å²) in [5.41, 5.74) is 2.62. The Hall–Kier alpha value is -2.00. The summed E-state index contributed by atoms with van der Waals surface area (Å²) in [7, 11) is 0. The molecule has 3 aromatic rings.